The number of piperidine rings is 1. The van der Waals surface area contributed by atoms with E-state index in [9.17, 15) is 4.79 Å². The molecule has 0 saturated carbocycles. The van der Waals surface area contributed by atoms with Gasteiger partial charge in [0.05, 0.1) is 17.1 Å². The van der Waals surface area contributed by atoms with Crippen LogP contribution in [0, 0.1) is 6.92 Å². The van der Waals surface area contributed by atoms with Crippen LogP contribution in [0.1, 0.15) is 40.1 Å². The second-order valence-corrected chi connectivity index (χ2v) is 8.77. The average molecular weight is 386 g/mol. The van der Waals surface area contributed by atoms with Crippen molar-refractivity contribution in [2.24, 2.45) is 0 Å². The molecule has 4 heterocycles. The monoisotopic (exact) mass is 385 g/mol. The third-order valence-electron chi connectivity index (χ3n) is 5.99. The Bertz CT molecular complexity index is 784. The molecule has 5 nitrogen and oxygen atoms in total. The average Bonchev–Trinajstić information content (AvgIpc) is 3.29. The first kappa shape index (κ1) is 18.6. The minimum Gasteiger partial charge on any atom is -0.373 e. The van der Waals surface area contributed by atoms with Crippen molar-refractivity contribution in [1.82, 2.24) is 14.8 Å². The molecule has 4 rings (SSSR count). The van der Waals surface area contributed by atoms with Gasteiger partial charge in [-0.2, -0.15) is 0 Å². The van der Waals surface area contributed by atoms with Crippen LogP contribution < -0.4 is 0 Å². The number of likely N-dealkylation sites (tertiary alicyclic amines) is 1. The van der Waals surface area contributed by atoms with Gasteiger partial charge < -0.3 is 9.64 Å². The molecular formula is C21H27N3O2S. The van der Waals surface area contributed by atoms with Gasteiger partial charge in [-0.05, 0) is 61.9 Å². The Morgan fingerprint density at radius 2 is 2.22 bits per heavy atom. The summed E-state index contributed by atoms with van der Waals surface area (Å²) in [5, 5.41) is 2.00. The molecule has 2 aromatic rings. The zero-order valence-electron chi connectivity index (χ0n) is 16.1. The molecule has 0 N–H and O–H groups in total. The molecule has 1 unspecified atom stereocenters. The summed E-state index contributed by atoms with van der Waals surface area (Å²) in [4.78, 5) is 22.2. The smallest absolute Gasteiger partial charge is 0.264 e. The molecule has 0 aromatic carbocycles. The van der Waals surface area contributed by atoms with Crippen molar-refractivity contribution >= 4 is 17.2 Å². The number of carbonyl (C=O) groups excluding carboxylic acids is 1. The standard InChI is InChI=1S/C21H27N3O2S/c1-16-5-11-27-19(16)20(25)24-9-6-21(7-10-24)12-18(15-26-21)23(2)14-17-4-3-8-22-13-17/h3-5,8,11,13,18H,6-7,9-10,12,14-15H2,1-2H3. The summed E-state index contributed by atoms with van der Waals surface area (Å²) in [6, 6.07) is 6.54. The van der Waals surface area contributed by atoms with E-state index in [1.165, 1.54) is 5.56 Å². The fraction of sp³-hybridized carbons (Fsp3) is 0.524. The van der Waals surface area contributed by atoms with Gasteiger partial charge in [0.25, 0.3) is 5.91 Å². The van der Waals surface area contributed by atoms with Crippen molar-refractivity contribution in [2.75, 3.05) is 26.7 Å². The van der Waals surface area contributed by atoms with Gasteiger partial charge in [-0.25, -0.2) is 0 Å². The van der Waals surface area contributed by atoms with E-state index in [2.05, 4.69) is 23.0 Å². The SMILES string of the molecule is Cc1ccsc1C(=O)N1CCC2(CC1)CC(N(C)Cc1cccnc1)CO2. The number of rotatable bonds is 4. The van der Waals surface area contributed by atoms with Gasteiger partial charge in [0.2, 0.25) is 0 Å². The van der Waals surface area contributed by atoms with Crippen LogP contribution in [-0.2, 0) is 11.3 Å². The van der Waals surface area contributed by atoms with Crippen LogP contribution in [0.3, 0.4) is 0 Å². The molecule has 2 fully saturated rings. The minimum absolute atomic E-state index is 0.0604. The molecule has 2 aliphatic heterocycles. The quantitative estimate of drug-likeness (QED) is 0.810. The van der Waals surface area contributed by atoms with E-state index in [1.54, 1.807) is 11.3 Å². The highest BCUT2D eigenvalue weighted by Gasteiger charge is 2.44. The summed E-state index contributed by atoms with van der Waals surface area (Å²) >= 11 is 1.55. The van der Waals surface area contributed by atoms with Gasteiger partial charge in [0.1, 0.15) is 0 Å². The van der Waals surface area contributed by atoms with Crippen molar-refractivity contribution in [3.63, 3.8) is 0 Å². The highest BCUT2D eigenvalue weighted by atomic mass is 32.1. The molecule has 1 spiro atoms. The zero-order valence-corrected chi connectivity index (χ0v) is 16.9. The summed E-state index contributed by atoms with van der Waals surface area (Å²) in [6.45, 7) is 5.25. The van der Waals surface area contributed by atoms with E-state index < -0.39 is 0 Å². The van der Waals surface area contributed by atoms with Gasteiger partial charge in [-0.1, -0.05) is 6.07 Å². The van der Waals surface area contributed by atoms with Gasteiger partial charge in [0, 0.05) is 38.1 Å². The van der Waals surface area contributed by atoms with E-state index in [-0.39, 0.29) is 11.5 Å². The molecule has 0 radical (unpaired) electrons. The van der Waals surface area contributed by atoms with Crippen molar-refractivity contribution in [2.45, 2.75) is 44.4 Å². The Kier molecular flexibility index (Phi) is 5.30. The lowest BCUT2D eigenvalue weighted by Crippen LogP contribution is -2.47. The van der Waals surface area contributed by atoms with E-state index in [1.807, 2.05) is 41.7 Å². The van der Waals surface area contributed by atoms with Crippen LogP contribution in [0.4, 0.5) is 0 Å². The van der Waals surface area contributed by atoms with E-state index >= 15 is 0 Å². The number of hydrogen-bond acceptors (Lipinski definition) is 5. The van der Waals surface area contributed by atoms with Crippen LogP contribution in [-0.4, -0.2) is 59.1 Å². The number of amides is 1. The van der Waals surface area contributed by atoms with Crippen molar-refractivity contribution in [1.29, 1.82) is 0 Å². The van der Waals surface area contributed by atoms with E-state index in [0.29, 0.717) is 6.04 Å². The lowest BCUT2D eigenvalue weighted by Gasteiger charge is -2.39. The number of aromatic nitrogens is 1. The highest BCUT2D eigenvalue weighted by molar-refractivity contribution is 7.12. The molecule has 6 heteroatoms. The topological polar surface area (TPSA) is 45.7 Å². The maximum atomic E-state index is 12.7. The maximum absolute atomic E-state index is 12.7. The van der Waals surface area contributed by atoms with Crippen molar-refractivity contribution in [3.05, 3.63) is 52.0 Å². The van der Waals surface area contributed by atoms with Crippen molar-refractivity contribution < 1.29 is 9.53 Å². The number of aryl methyl sites for hydroxylation is 1. The predicted molar refractivity (Wildman–Crippen MR) is 107 cm³/mol. The minimum atomic E-state index is -0.0604. The van der Waals surface area contributed by atoms with Gasteiger partial charge in [0.15, 0.2) is 0 Å². The summed E-state index contributed by atoms with van der Waals surface area (Å²) in [5.41, 5.74) is 2.25. The third kappa shape index (κ3) is 3.93. The number of pyridine rings is 1. The fourth-order valence-corrected chi connectivity index (χ4v) is 5.11. The third-order valence-corrected chi connectivity index (χ3v) is 6.99. The molecule has 0 bridgehead atoms. The molecule has 1 amide bonds. The van der Waals surface area contributed by atoms with Gasteiger partial charge in [-0.3, -0.25) is 14.7 Å². The number of thiophene rings is 1. The number of likely N-dealkylation sites (N-methyl/N-ethyl adjacent to an activating group) is 1. The number of ether oxygens (including phenoxy) is 1. The fourth-order valence-electron chi connectivity index (χ4n) is 4.21. The van der Waals surface area contributed by atoms with Crippen LogP contribution in [0.15, 0.2) is 36.0 Å². The first-order valence-corrected chi connectivity index (χ1v) is 10.5. The summed E-state index contributed by atoms with van der Waals surface area (Å²) in [5.74, 6) is 0.181. The second-order valence-electron chi connectivity index (χ2n) is 7.85. The second kappa shape index (κ2) is 7.70. The Morgan fingerprint density at radius 1 is 1.41 bits per heavy atom. The van der Waals surface area contributed by atoms with Crippen molar-refractivity contribution in [3.8, 4) is 0 Å². The first-order valence-electron chi connectivity index (χ1n) is 9.63. The van der Waals surface area contributed by atoms with Crippen LogP contribution in [0.2, 0.25) is 0 Å². The molecule has 0 aliphatic carbocycles. The zero-order chi connectivity index (χ0) is 18.9. The predicted octanol–water partition coefficient (Wildman–Crippen LogP) is 3.35. The summed E-state index contributed by atoms with van der Waals surface area (Å²) in [7, 11) is 2.16. The molecule has 2 aliphatic rings. The molecule has 2 aromatic heterocycles. The Morgan fingerprint density at radius 3 is 2.89 bits per heavy atom. The maximum Gasteiger partial charge on any atom is 0.264 e. The number of carbonyl (C=O) groups is 1. The normalized spacial score (nSPS) is 21.9. The summed E-state index contributed by atoms with van der Waals surface area (Å²) in [6.07, 6.45) is 6.65. The Hall–Kier alpha value is -1.76. The Labute approximate surface area is 165 Å². The number of nitrogens with zero attached hydrogens (tertiary/aromatic N) is 3. The highest BCUT2D eigenvalue weighted by Crippen LogP contribution is 2.38. The molecule has 27 heavy (non-hydrogen) atoms. The molecule has 144 valence electrons. The molecular weight excluding hydrogens is 358 g/mol. The lowest BCUT2D eigenvalue weighted by molar-refractivity contribution is -0.0392. The number of hydrogen-bond donors (Lipinski definition) is 0. The van der Waals surface area contributed by atoms with E-state index in [0.717, 1.165) is 55.9 Å². The van der Waals surface area contributed by atoms with Gasteiger partial charge >= 0.3 is 0 Å². The molecule has 1 atom stereocenters. The largest absolute Gasteiger partial charge is 0.373 e. The van der Waals surface area contributed by atoms with Crippen LogP contribution >= 0.6 is 11.3 Å². The van der Waals surface area contributed by atoms with Gasteiger partial charge in [-0.15, -0.1) is 11.3 Å². The van der Waals surface area contributed by atoms with Crippen LogP contribution in [0.5, 0.6) is 0 Å². The lowest BCUT2D eigenvalue weighted by atomic mass is 9.87. The Balaban J connectivity index is 1.33. The van der Waals surface area contributed by atoms with Crippen LogP contribution in [0.25, 0.3) is 0 Å². The summed E-state index contributed by atoms with van der Waals surface area (Å²) < 4.78 is 6.30. The molecule has 2 saturated heterocycles. The van der Waals surface area contributed by atoms with E-state index in [4.69, 9.17) is 4.74 Å². The first-order chi connectivity index (χ1) is 13.1.